The van der Waals surface area contributed by atoms with Gasteiger partial charge in [-0.2, -0.15) is 0 Å². The van der Waals surface area contributed by atoms with Crippen LogP contribution in [-0.2, 0) is 14.0 Å². The van der Waals surface area contributed by atoms with Crippen LogP contribution in [0.5, 0.6) is 0 Å². The van der Waals surface area contributed by atoms with Crippen LogP contribution in [0.1, 0.15) is 38.5 Å². The monoisotopic (exact) mass is 327 g/mol. The molecule has 0 aromatic carbocycles. The minimum atomic E-state index is -1.69. The average Bonchev–Trinajstić information content (AvgIpc) is 2.51. The van der Waals surface area contributed by atoms with E-state index in [0.29, 0.717) is 18.1 Å². The molecule has 1 saturated heterocycles. The van der Waals surface area contributed by atoms with Crippen LogP contribution in [0.4, 0.5) is 0 Å². The number of ether oxygens (including phenoxy) is 1. The van der Waals surface area contributed by atoms with E-state index in [-0.39, 0.29) is 6.10 Å². The summed E-state index contributed by atoms with van der Waals surface area (Å²) < 4.78 is 11.7. The quantitative estimate of drug-likeness (QED) is 0.674. The zero-order chi connectivity index (χ0) is 16.0. The molecule has 2 aliphatic rings. The highest BCUT2D eigenvalue weighted by Crippen LogP contribution is 2.30. The SMILES string of the molecule is C[Si](C)(C)OC(C(=O)CCN1CCOCC1)C1CCCCC1. The van der Waals surface area contributed by atoms with Gasteiger partial charge in [0.2, 0.25) is 0 Å². The molecule has 5 heteroatoms. The molecule has 0 amide bonds. The van der Waals surface area contributed by atoms with Crippen LogP contribution in [0.15, 0.2) is 0 Å². The van der Waals surface area contributed by atoms with E-state index in [1.165, 1.54) is 32.1 Å². The summed E-state index contributed by atoms with van der Waals surface area (Å²) in [6.45, 7) is 10.9. The predicted molar refractivity (Wildman–Crippen MR) is 91.7 cm³/mol. The van der Waals surface area contributed by atoms with Crippen molar-refractivity contribution in [3.05, 3.63) is 0 Å². The second kappa shape index (κ2) is 8.57. The van der Waals surface area contributed by atoms with Gasteiger partial charge in [0.1, 0.15) is 6.10 Å². The molecular formula is C17H33NO3Si. The summed E-state index contributed by atoms with van der Waals surface area (Å²) in [6.07, 6.45) is 6.65. The predicted octanol–water partition coefficient (Wildman–Crippen LogP) is 3.08. The van der Waals surface area contributed by atoms with Gasteiger partial charge in [0.05, 0.1) is 13.2 Å². The topological polar surface area (TPSA) is 38.8 Å². The molecular weight excluding hydrogens is 294 g/mol. The molecule has 0 N–H and O–H groups in total. The number of carbonyl (C=O) groups is 1. The molecule has 1 saturated carbocycles. The summed E-state index contributed by atoms with van der Waals surface area (Å²) in [5.41, 5.74) is 0. The lowest BCUT2D eigenvalue weighted by molar-refractivity contribution is -0.129. The normalized spacial score (nSPS) is 23.4. The fraction of sp³-hybridized carbons (Fsp3) is 0.941. The van der Waals surface area contributed by atoms with Crippen molar-refractivity contribution >= 4 is 14.1 Å². The lowest BCUT2D eigenvalue weighted by atomic mass is 9.83. The first kappa shape index (κ1) is 18.1. The second-order valence-electron chi connectivity index (χ2n) is 7.72. The van der Waals surface area contributed by atoms with Crippen molar-refractivity contribution in [3.63, 3.8) is 0 Å². The van der Waals surface area contributed by atoms with E-state index >= 15 is 0 Å². The van der Waals surface area contributed by atoms with Crippen molar-refractivity contribution in [1.29, 1.82) is 0 Å². The molecule has 1 atom stereocenters. The summed E-state index contributed by atoms with van der Waals surface area (Å²) in [4.78, 5) is 15.1. The first-order valence-corrected chi connectivity index (χ1v) is 12.4. The standard InChI is InChI=1S/C17H33NO3Si/c1-22(2,3)21-17(15-7-5-4-6-8-15)16(19)9-10-18-11-13-20-14-12-18/h15,17H,4-14H2,1-3H3. The van der Waals surface area contributed by atoms with Crippen LogP contribution >= 0.6 is 0 Å². The van der Waals surface area contributed by atoms with E-state index in [1.54, 1.807) is 0 Å². The largest absolute Gasteiger partial charge is 0.407 e. The first-order chi connectivity index (χ1) is 10.5. The van der Waals surface area contributed by atoms with Gasteiger partial charge < -0.3 is 9.16 Å². The Labute approximate surface area is 136 Å². The third-order valence-corrected chi connectivity index (χ3v) is 5.62. The van der Waals surface area contributed by atoms with Gasteiger partial charge in [0, 0.05) is 26.1 Å². The Kier molecular flexibility index (Phi) is 7.06. The highest BCUT2D eigenvalue weighted by atomic mass is 28.4. The summed E-state index contributed by atoms with van der Waals surface area (Å²) in [5.74, 6) is 0.790. The van der Waals surface area contributed by atoms with Crippen LogP contribution in [0.25, 0.3) is 0 Å². The van der Waals surface area contributed by atoms with E-state index in [0.717, 1.165) is 32.8 Å². The first-order valence-electron chi connectivity index (χ1n) is 8.96. The molecule has 4 nitrogen and oxygen atoms in total. The molecule has 1 heterocycles. The van der Waals surface area contributed by atoms with Gasteiger partial charge in [-0.1, -0.05) is 19.3 Å². The number of hydrogen-bond acceptors (Lipinski definition) is 4. The van der Waals surface area contributed by atoms with Crippen molar-refractivity contribution in [2.75, 3.05) is 32.8 Å². The van der Waals surface area contributed by atoms with Crippen LogP contribution in [-0.4, -0.2) is 58.0 Å². The Hall–Kier alpha value is -0.233. The van der Waals surface area contributed by atoms with E-state index in [2.05, 4.69) is 24.5 Å². The van der Waals surface area contributed by atoms with E-state index in [4.69, 9.17) is 9.16 Å². The second-order valence-corrected chi connectivity index (χ2v) is 12.2. The Bertz CT molecular complexity index is 344. The minimum Gasteiger partial charge on any atom is -0.407 e. The molecule has 0 radical (unpaired) electrons. The zero-order valence-electron chi connectivity index (χ0n) is 14.6. The molecule has 2 rings (SSSR count). The smallest absolute Gasteiger partial charge is 0.184 e. The van der Waals surface area contributed by atoms with Crippen LogP contribution in [0, 0.1) is 5.92 Å². The number of carbonyl (C=O) groups excluding carboxylic acids is 1. The molecule has 128 valence electrons. The lowest BCUT2D eigenvalue weighted by Crippen LogP contribution is -2.44. The van der Waals surface area contributed by atoms with Crippen molar-refractivity contribution < 1.29 is 14.0 Å². The lowest BCUT2D eigenvalue weighted by Gasteiger charge is -2.34. The van der Waals surface area contributed by atoms with Gasteiger partial charge >= 0.3 is 0 Å². The maximum absolute atomic E-state index is 12.8. The number of hydrogen-bond donors (Lipinski definition) is 0. The van der Waals surface area contributed by atoms with Gasteiger partial charge in [-0.05, 0) is 38.4 Å². The summed E-state index contributed by atoms with van der Waals surface area (Å²) in [6, 6.07) is 0. The van der Waals surface area contributed by atoms with E-state index in [1.807, 2.05) is 0 Å². The molecule has 0 aromatic rings. The van der Waals surface area contributed by atoms with E-state index in [9.17, 15) is 4.79 Å². The molecule has 2 fully saturated rings. The Morgan fingerprint density at radius 3 is 2.41 bits per heavy atom. The fourth-order valence-electron chi connectivity index (χ4n) is 3.48. The van der Waals surface area contributed by atoms with Crippen LogP contribution in [0.2, 0.25) is 19.6 Å². The Balaban J connectivity index is 1.89. The Morgan fingerprint density at radius 1 is 1.18 bits per heavy atom. The van der Waals surface area contributed by atoms with Gasteiger partial charge in [-0.15, -0.1) is 0 Å². The molecule has 0 spiro atoms. The summed E-state index contributed by atoms with van der Waals surface area (Å²) in [7, 11) is -1.69. The van der Waals surface area contributed by atoms with Gasteiger partial charge in [0.15, 0.2) is 14.1 Å². The van der Waals surface area contributed by atoms with Crippen LogP contribution < -0.4 is 0 Å². The van der Waals surface area contributed by atoms with Crippen LogP contribution in [0.3, 0.4) is 0 Å². The fourth-order valence-corrected chi connectivity index (χ4v) is 4.56. The number of nitrogens with zero attached hydrogens (tertiary/aromatic N) is 1. The van der Waals surface area contributed by atoms with Crippen molar-refractivity contribution in [1.82, 2.24) is 4.90 Å². The highest BCUT2D eigenvalue weighted by molar-refractivity contribution is 6.69. The van der Waals surface area contributed by atoms with Crippen molar-refractivity contribution in [2.45, 2.75) is 64.3 Å². The average molecular weight is 328 g/mol. The third kappa shape index (κ3) is 6.11. The van der Waals surface area contributed by atoms with Gasteiger partial charge in [-0.3, -0.25) is 9.69 Å². The minimum absolute atomic E-state index is 0.145. The zero-order valence-corrected chi connectivity index (χ0v) is 15.6. The molecule has 1 aliphatic heterocycles. The molecule has 1 aliphatic carbocycles. The number of Topliss-reactive ketones (excluding diaryl/α,β-unsaturated/α-hetero) is 1. The molecule has 0 bridgehead atoms. The number of morpholine rings is 1. The van der Waals surface area contributed by atoms with E-state index < -0.39 is 8.32 Å². The molecule has 0 aromatic heterocycles. The third-order valence-electron chi connectivity index (χ3n) is 4.65. The molecule has 1 unspecified atom stereocenters. The van der Waals surface area contributed by atoms with Crippen molar-refractivity contribution in [3.8, 4) is 0 Å². The number of rotatable bonds is 7. The molecule has 22 heavy (non-hydrogen) atoms. The number of ketones is 1. The summed E-state index contributed by atoms with van der Waals surface area (Å²) >= 11 is 0. The van der Waals surface area contributed by atoms with Gasteiger partial charge in [-0.25, -0.2) is 0 Å². The maximum atomic E-state index is 12.8. The van der Waals surface area contributed by atoms with Crippen molar-refractivity contribution in [2.24, 2.45) is 5.92 Å². The van der Waals surface area contributed by atoms with Gasteiger partial charge in [0.25, 0.3) is 0 Å². The maximum Gasteiger partial charge on any atom is 0.184 e. The summed E-state index contributed by atoms with van der Waals surface area (Å²) in [5, 5.41) is 0. The Morgan fingerprint density at radius 2 is 1.82 bits per heavy atom. The highest BCUT2D eigenvalue weighted by Gasteiger charge is 2.33.